The number of carbonyl (C=O) groups is 1. The van der Waals surface area contributed by atoms with Crippen molar-refractivity contribution in [1.29, 1.82) is 0 Å². The first-order valence-corrected chi connectivity index (χ1v) is 7.10. The zero-order chi connectivity index (χ0) is 14.5. The molecule has 0 spiro atoms. The molecule has 2 rings (SSSR count). The number of carboxylic acid groups (broad SMARTS) is 1. The Kier molecular flexibility index (Phi) is 4.76. The highest BCUT2D eigenvalue weighted by Gasteiger charge is 2.21. The van der Waals surface area contributed by atoms with E-state index in [-0.39, 0.29) is 0 Å². The van der Waals surface area contributed by atoms with Gasteiger partial charge in [0.1, 0.15) is 24.0 Å². The third-order valence-corrected chi connectivity index (χ3v) is 3.26. The summed E-state index contributed by atoms with van der Waals surface area (Å²) in [7, 11) is 0. The summed E-state index contributed by atoms with van der Waals surface area (Å²) >= 11 is 0. The van der Waals surface area contributed by atoms with E-state index < -0.39 is 12.0 Å². The molecule has 3 N–H and O–H groups in total. The monoisotopic (exact) mass is 278 g/mol. The molecule has 0 unspecified atom stereocenters. The van der Waals surface area contributed by atoms with Gasteiger partial charge in [-0.05, 0) is 31.1 Å². The Morgan fingerprint density at radius 3 is 2.70 bits per heavy atom. The molecule has 0 aliphatic heterocycles. The Bertz CT molecular complexity index is 460. The average molecular weight is 278 g/mol. The maximum Gasteiger partial charge on any atom is 0.326 e. The van der Waals surface area contributed by atoms with E-state index in [2.05, 4.69) is 20.6 Å². The van der Waals surface area contributed by atoms with E-state index in [1.165, 1.54) is 19.2 Å². The van der Waals surface area contributed by atoms with Gasteiger partial charge in [0.15, 0.2) is 0 Å². The van der Waals surface area contributed by atoms with Crippen LogP contribution in [0.2, 0.25) is 0 Å². The lowest BCUT2D eigenvalue weighted by atomic mass is 10.0. The van der Waals surface area contributed by atoms with Crippen molar-refractivity contribution in [2.24, 2.45) is 11.8 Å². The molecule has 1 saturated carbocycles. The van der Waals surface area contributed by atoms with E-state index in [0.717, 1.165) is 18.3 Å². The lowest BCUT2D eigenvalue weighted by Gasteiger charge is -2.17. The molecule has 1 aromatic heterocycles. The predicted molar refractivity (Wildman–Crippen MR) is 77.7 cm³/mol. The minimum absolute atomic E-state index is 0.304. The van der Waals surface area contributed by atoms with Gasteiger partial charge in [-0.3, -0.25) is 0 Å². The highest BCUT2D eigenvalue weighted by atomic mass is 16.4. The summed E-state index contributed by atoms with van der Waals surface area (Å²) in [6.07, 6.45) is 4.56. The highest BCUT2D eigenvalue weighted by Crippen LogP contribution is 2.28. The van der Waals surface area contributed by atoms with Gasteiger partial charge in [0.05, 0.1) is 0 Å². The van der Waals surface area contributed by atoms with Crippen LogP contribution in [0.1, 0.15) is 33.1 Å². The lowest BCUT2D eigenvalue weighted by Crippen LogP contribution is -2.31. The Labute approximate surface area is 119 Å². The van der Waals surface area contributed by atoms with Gasteiger partial charge in [-0.2, -0.15) is 0 Å². The van der Waals surface area contributed by atoms with E-state index in [1.54, 1.807) is 6.07 Å². The van der Waals surface area contributed by atoms with E-state index in [9.17, 15) is 9.90 Å². The molecular formula is C14H22N4O2. The molecule has 0 saturated heterocycles. The number of carboxylic acids is 1. The Hall–Kier alpha value is -1.85. The summed E-state index contributed by atoms with van der Waals surface area (Å²) in [5.74, 6) is 1.49. The fourth-order valence-electron chi connectivity index (χ4n) is 1.98. The van der Waals surface area contributed by atoms with Crippen LogP contribution in [0.5, 0.6) is 0 Å². The summed E-state index contributed by atoms with van der Waals surface area (Å²) < 4.78 is 0. The Morgan fingerprint density at radius 1 is 1.40 bits per heavy atom. The number of rotatable bonds is 8. The minimum Gasteiger partial charge on any atom is -0.480 e. The third-order valence-electron chi connectivity index (χ3n) is 3.26. The van der Waals surface area contributed by atoms with Gasteiger partial charge in [-0.1, -0.05) is 13.8 Å². The van der Waals surface area contributed by atoms with Crippen molar-refractivity contribution in [3.05, 3.63) is 12.4 Å². The third kappa shape index (κ3) is 4.68. The summed E-state index contributed by atoms with van der Waals surface area (Å²) in [5, 5.41) is 15.4. The smallest absolute Gasteiger partial charge is 0.326 e. The number of hydrogen-bond acceptors (Lipinski definition) is 5. The first-order chi connectivity index (χ1) is 9.54. The predicted octanol–water partition coefficient (Wildman–Crippen LogP) is 2.21. The van der Waals surface area contributed by atoms with Crippen LogP contribution < -0.4 is 10.6 Å². The molecule has 1 aliphatic rings. The number of hydrogen-bond donors (Lipinski definition) is 3. The SMILES string of the molecule is CC(C)C[C@H](Nc1cc(NCC2CC2)ncn1)C(=O)O. The molecule has 20 heavy (non-hydrogen) atoms. The van der Waals surface area contributed by atoms with E-state index in [1.807, 2.05) is 13.8 Å². The number of nitrogens with zero attached hydrogens (tertiary/aromatic N) is 2. The van der Waals surface area contributed by atoms with Crippen molar-refractivity contribution < 1.29 is 9.90 Å². The van der Waals surface area contributed by atoms with Crippen molar-refractivity contribution in [3.63, 3.8) is 0 Å². The van der Waals surface area contributed by atoms with Gasteiger partial charge in [0.25, 0.3) is 0 Å². The highest BCUT2D eigenvalue weighted by molar-refractivity contribution is 5.77. The van der Waals surface area contributed by atoms with Crippen molar-refractivity contribution in [3.8, 4) is 0 Å². The number of nitrogens with one attached hydrogen (secondary N) is 2. The lowest BCUT2D eigenvalue weighted by molar-refractivity contribution is -0.138. The van der Waals surface area contributed by atoms with Crippen molar-refractivity contribution in [2.45, 2.75) is 39.2 Å². The normalized spacial score (nSPS) is 15.9. The number of anilines is 2. The van der Waals surface area contributed by atoms with Gasteiger partial charge >= 0.3 is 5.97 Å². The molecule has 1 aliphatic carbocycles. The maximum absolute atomic E-state index is 11.2. The zero-order valence-corrected chi connectivity index (χ0v) is 12.0. The fraction of sp³-hybridized carbons (Fsp3) is 0.643. The molecule has 0 radical (unpaired) electrons. The fourth-order valence-corrected chi connectivity index (χ4v) is 1.98. The van der Waals surface area contributed by atoms with Gasteiger partial charge < -0.3 is 15.7 Å². The van der Waals surface area contributed by atoms with Crippen molar-refractivity contribution in [2.75, 3.05) is 17.2 Å². The van der Waals surface area contributed by atoms with E-state index in [0.29, 0.717) is 18.2 Å². The molecule has 1 heterocycles. The van der Waals surface area contributed by atoms with Gasteiger partial charge in [-0.25, -0.2) is 14.8 Å². The van der Waals surface area contributed by atoms with Crippen LogP contribution in [0.3, 0.4) is 0 Å². The summed E-state index contributed by atoms with van der Waals surface area (Å²) in [6, 6.07) is 1.14. The van der Waals surface area contributed by atoms with Crippen LogP contribution in [0, 0.1) is 11.8 Å². The molecule has 0 amide bonds. The molecule has 6 nitrogen and oxygen atoms in total. The first kappa shape index (κ1) is 14.6. The average Bonchev–Trinajstić information content (AvgIpc) is 3.19. The van der Waals surface area contributed by atoms with Crippen LogP contribution >= 0.6 is 0 Å². The quantitative estimate of drug-likeness (QED) is 0.676. The maximum atomic E-state index is 11.2. The topological polar surface area (TPSA) is 87.1 Å². The molecule has 0 bridgehead atoms. The van der Waals surface area contributed by atoms with Crippen LogP contribution in [0.25, 0.3) is 0 Å². The summed E-state index contributed by atoms with van der Waals surface area (Å²) in [6.45, 7) is 4.92. The molecular weight excluding hydrogens is 256 g/mol. The van der Waals surface area contributed by atoms with Crippen LogP contribution in [0.15, 0.2) is 12.4 Å². The molecule has 110 valence electrons. The van der Waals surface area contributed by atoms with Crippen molar-refractivity contribution >= 4 is 17.6 Å². The second-order valence-corrected chi connectivity index (χ2v) is 5.78. The summed E-state index contributed by atoms with van der Waals surface area (Å²) in [4.78, 5) is 19.5. The zero-order valence-electron chi connectivity index (χ0n) is 12.0. The molecule has 1 aromatic rings. The standard InChI is InChI=1S/C14H22N4O2/c1-9(2)5-11(14(19)20)18-13-6-12(16-8-17-13)15-7-10-3-4-10/h6,8-11H,3-5,7H2,1-2H3,(H,19,20)(H2,15,16,17,18)/t11-/m0/s1. The van der Waals surface area contributed by atoms with Gasteiger partial charge in [0.2, 0.25) is 0 Å². The van der Waals surface area contributed by atoms with Gasteiger partial charge in [-0.15, -0.1) is 0 Å². The number of aliphatic carboxylic acids is 1. The second kappa shape index (κ2) is 6.54. The van der Waals surface area contributed by atoms with Crippen LogP contribution in [-0.4, -0.2) is 33.6 Å². The van der Waals surface area contributed by atoms with E-state index >= 15 is 0 Å². The van der Waals surface area contributed by atoms with Crippen LogP contribution in [0.4, 0.5) is 11.6 Å². The summed E-state index contributed by atoms with van der Waals surface area (Å²) in [5.41, 5.74) is 0. The minimum atomic E-state index is -0.857. The van der Waals surface area contributed by atoms with Crippen molar-refractivity contribution in [1.82, 2.24) is 9.97 Å². The number of aromatic nitrogens is 2. The molecule has 1 atom stereocenters. The second-order valence-electron chi connectivity index (χ2n) is 5.78. The van der Waals surface area contributed by atoms with Gasteiger partial charge in [0, 0.05) is 12.6 Å². The molecule has 6 heteroatoms. The largest absolute Gasteiger partial charge is 0.480 e. The Balaban J connectivity index is 1.95. The van der Waals surface area contributed by atoms with Crippen LogP contribution in [-0.2, 0) is 4.79 Å². The molecule has 1 fully saturated rings. The van der Waals surface area contributed by atoms with E-state index in [4.69, 9.17) is 0 Å². The molecule has 0 aromatic carbocycles. The Morgan fingerprint density at radius 2 is 2.10 bits per heavy atom. The first-order valence-electron chi connectivity index (χ1n) is 7.10.